The van der Waals surface area contributed by atoms with E-state index >= 15 is 0 Å². The first-order chi connectivity index (χ1) is 35.8. The molecule has 0 radical (unpaired) electrons. The lowest BCUT2D eigenvalue weighted by Crippen LogP contribution is -2.15. The van der Waals surface area contributed by atoms with Gasteiger partial charge in [-0.05, 0) is 97.1 Å². The van der Waals surface area contributed by atoms with Crippen LogP contribution in [0.5, 0.6) is 23.0 Å². The van der Waals surface area contributed by atoms with Gasteiger partial charge in [-0.3, -0.25) is 0 Å². The first-order valence-corrected chi connectivity index (χ1v) is 25.8. The Kier molecular flexibility index (Phi) is 25.4. The molecule has 18 nitrogen and oxygen atoms in total. The highest BCUT2D eigenvalue weighted by molar-refractivity contribution is 7.18. The minimum absolute atomic E-state index is 0.424. The molecule has 0 saturated carbocycles. The van der Waals surface area contributed by atoms with Crippen LogP contribution >= 0.6 is 22.7 Å². The Morgan fingerprint density at radius 2 is 0.361 bits per heavy atom. The fraction of sp³-hybridized carbons (Fsp3) is 0.462. The zero-order valence-electron chi connectivity index (χ0n) is 40.5. The van der Waals surface area contributed by atoms with Gasteiger partial charge in [0.05, 0.1) is 132 Å². The highest BCUT2D eigenvalue weighted by Crippen LogP contribution is 2.33. The Hall–Kier alpha value is -5.20. The van der Waals surface area contributed by atoms with Gasteiger partial charge in [0, 0.05) is 22.3 Å². The average molecular weight is 1030 g/mol. The third kappa shape index (κ3) is 20.7. The number of hydrogen-bond acceptors (Lipinski definition) is 20. The number of aromatic nitrogens is 4. The van der Waals surface area contributed by atoms with Crippen molar-refractivity contribution < 1.29 is 66.3 Å². The van der Waals surface area contributed by atoms with Crippen molar-refractivity contribution in [3.63, 3.8) is 0 Å². The third-order valence-electron chi connectivity index (χ3n) is 10.2. The Morgan fingerprint density at radius 3 is 0.528 bits per heavy atom. The molecule has 388 valence electrons. The van der Waals surface area contributed by atoms with Crippen LogP contribution in [0.3, 0.4) is 0 Å². The van der Waals surface area contributed by atoms with E-state index in [-0.39, 0.29) is 0 Å². The van der Waals surface area contributed by atoms with Crippen molar-refractivity contribution in [1.29, 1.82) is 0 Å². The smallest absolute Gasteiger partial charge is 0.148 e. The highest BCUT2D eigenvalue weighted by atomic mass is 32.1. The summed E-state index contributed by atoms with van der Waals surface area (Å²) in [5.41, 5.74) is 3.85. The van der Waals surface area contributed by atoms with Crippen LogP contribution in [0.2, 0.25) is 0 Å². The molecule has 2 aromatic heterocycles. The summed E-state index contributed by atoms with van der Waals surface area (Å²) in [5.74, 6) is 3.00. The third-order valence-corrected chi connectivity index (χ3v) is 12.3. The van der Waals surface area contributed by atoms with E-state index in [4.69, 9.17) is 66.3 Å². The second kappa shape index (κ2) is 33.5. The van der Waals surface area contributed by atoms with E-state index < -0.39 is 0 Å². The molecular weight excluding hydrogens is 969 g/mol. The number of hydrogen-bond donors (Lipinski definition) is 0. The van der Waals surface area contributed by atoms with Crippen molar-refractivity contribution in [3.8, 4) is 65.3 Å². The van der Waals surface area contributed by atoms with Crippen molar-refractivity contribution >= 4 is 22.7 Å². The Morgan fingerprint density at radius 1 is 0.208 bits per heavy atom. The number of nitrogens with zero attached hydrogens (tertiary/aromatic N) is 4. The van der Waals surface area contributed by atoms with Gasteiger partial charge in [0.15, 0.2) is 0 Å². The second-order valence-electron chi connectivity index (χ2n) is 15.4. The second-order valence-corrected chi connectivity index (χ2v) is 17.4. The Balaban J connectivity index is 0.770. The Labute approximate surface area is 428 Å². The van der Waals surface area contributed by atoms with E-state index in [1.165, 1.54) is 22.7 Å². The molecule has 20 heteroatoms. The SMILES string of the molecule is c1cc2ccc1OCCOCCOCCOCCOCCOCCOc1ccc(cc1)-c1nnc(s1)-c1ccc(cc1)OCCOCCOCCOCCOCCOCCOc1ccc(cc1)-c1nnc-2s1. The minimum Gasteiger partial charge on any atom is -0.491 e. The van der Waals surface area contributed by atoms with Crippen molar-refractivity contribution in [2.75, 3.05) is 159 Å². The predicted molar refractivity (Wildman–Crippen MR) is 272 cm³/mol. The maximum atomic E-state index is 5.85. The first kappa shape index (κ1) is 54.6. The molecule has 6 aromatic rings. The van der Waals surface area contributed by atoms with E-state index in [1.54, 1.807) is 0 Å². The molecule has 0 spiro atoms. The molecule has 0 fully saturated rings. The summed E-state index contributed by atoms with van der Waals surface area (Å²) in [5, 5.41) is 20.9. The maximum Gasteiger partial charge on any atom is 0.148 e. The van der Waals surface area contributed by atoms with Crippen LogP contribution in [0, 0.1) is 0 Å². The normalized spacial score (nSPS) is 17.7. The quantitative estimate of drug-likeness (QED) is 0.146. The van der Waals surface area contributed by atoms with Crippen molar-refractivity contribution in [1.82, 2.24) is 20.4 Å². The number of rotatable bonds is 0. The van der Waals surface area contributed by atoms with Gasteiger partial charge in [-0.1, -0.05) is 22.7 Å². The van der Waals surface area contributed by atoms with E-state index in [2.05, 4.69) is 20.4 Å². The standard InChI is InChI=1S/C52H64N4O14S2/c1-9-45-10-2-41(1)49-53-54-50(71-49)42-3-11-46(12-4-42)68-38-34-64-30-26-61-23-19-58-20-24-62-28-32-66-36-40-70-48-15-7-44(8-16-48)52-56-55-51(72-52)43-5-13-47(14-6-43)69-39-35-65-31-27-60-22-18-57-17-21-59-25-29-63-33-37-67-45/h1-16H,17-40H2. The monoisotopic (exact) mass is 1030 g/mol. The van der Waals surface area contributed by atoms with Crippen LogP contribution in [0.4, 0.5) is 0 Å². The zero-order valence-corrected chi connectivity index (χ0v) is 42.2. The van der Waals surface area contributed by atoms with Gasteiger partial charge < -0.3 is 66.3 Å². The molecule has 0 amide bonds. The van der Waals surface area contributed by atoms with Crippen LogP contribution in [0.15, 0.2) is 97.1 Å². The number of ether oxygens (including phenoxy) is 14. The van der Waals surface area contributed by atoms with Gasteiger partial charge in [-0.2, -0.15) is 0 Å². The van der Waals surface area contributed by atoms with E-state index in [1.807, 2.05) is 97.1 Å². The molecule has 0 saturated heterocycles. The summed E-state index contributed by atoms with van der Waals surface area (Å²) in [4.78, 5) is 0. The lowest BCUT2D eigenvalue weighted by Gasteiger charge is -2.09. The molecule has 16 rings (SSSR count). The topological polar surface area (TPSA) is 181 Å². The molecular formula is C52H64N4O14S2. The molecule has 12 heterocycles. The van der Waals surface area contributed by atoms with Crippen molar-refractivity contribution in [2.45, 2.75) is 0 Å². The fourth-order valence-electron chi connectivity index (χ4n) is 6.53. The van der Waals surface area contributed by atoms with Crippen LogP contribution in [-0.4, -0.2) is 179 Å². The van der Waals surface area contributed by atoms with Crippen molar-refractivity contribution in [3.05, 3.63) is 97.1 Å². The molecule has 0 atom stereocenters. The van der Waals surface area contributed by atoms with Gasteiger partial charge in [-0.25, -0.2) is 0 Å². The fourth-order valence-corrected chi connectivity index (χ4v) is 8.23. The average Bonchev–Trinajstić information content (AvgIpc) is 4.13. The molecule has 10 aliphatic heterocycles. The summed E-state index contributed by atoms with van der Waals surface area (Å²) < 4.78 is 79.6. The number of benzene rings is 4. The predicted octanol–water partition coefficient (Wildman–Crippen LogP) is 7.45. The lowest BCUT2D eigenvalue weighted by atomic mass is 10.2. The summed E-state index contributed by atoms with van der Waals surface area (Å²) in [6.45, 7) is 11.1. The van der Waals surface area contributed by atoms with Crippen LogP contribution in [0.1, 0.15) is 0 Å². The van der Waals surface area contributed by atoms with Crippen LogP contribution in [-0.2, 0) is 47.4 Å². The molecule has 12 bridgehead atoms. The molecule has 0 unspecified atom stereocenters. The molecule has 0 aliphatic carbocycles. The van der Waals surface area contributed by atoms with Crippen LogP contribution < -0.4 is 18.9 Å². The van der Waals surface area contributed by atoms with Gasteiger partial charge in [-0.15, -0.1) is 20.4 Å². The van der Waals surface area contributed by atoms with Gasteiger partial charge in [0.25, 0.3) is 0 Å². The van der Waals surface area contributed by atoms with E-state index in [0.29, 0.717) is 159 Å². The van der Waals surface area contributed by atoms with E-state index in [0.717, 1.165) is 65.3 Å². The largest absolute Gasteiger partial charge is 0.491 e. The summed E-state index contributed by atoms with van der Waals surface area (Å²) in [7, 11) is 0. The summed E-state index contributed by atoms with van der Waals surface area (Å²) in [6, 6.07) is 31.2. The molecule has 10 aliphatic rings. The van der Waals surface area contributed by atoms with Gasteiger partial charge >= 0.3 is 0 Å². The summed E-state index contributed by atoms with van der Waals surface area (Å²) >= 11 is 3.04. The van der Waals surface area contributed by atoms with Crippen molar-refractivity contribution in [2.24, 2.45) is 0 Å². The highest BCUT2D eigenvalue weighted by Gasteiger charge is 2.12. The van der Waals surface area contributed by atoms with Gasteiger partial charge in [0.2, 0.25) is 0 Å². The minimum atomic E-state index is 0.424. The zero-order chi connectivity index (χ0) is 49.4. The van der Waals surface area contributed by atoms with E-state index in [9.17, 15) is 0 Å². The molecule has 0 N–H and O–H groups in total. The van der Waals surface area contributed by atoms with Crippen LogP contribution in [0.25, 0.3) is 42.3 Å². The lowest BCUT2D eigenvalue weighted by molar-refractivity contribution is -0.0141. The molecule has 72 heavy (non-hydrogen) atoms. The summed E-state index contributed by atoms with van der Waals surface area (Å²) in [6.07, 6.45) is 0. The first-order valence-electron chi connectivity index (χ1n) is 24.1. The Bertz CT molecular complexity index is 2000. The molecule has 4 aromatic carbocycles. The maximum absolute atomic E-state index is 5.85. The van der Waals surface area contributed by atoms with Gasteiger partial charge in [0.1, 0.15) is 69.5 Å².